The average Bonchev–Trinajstić information content (AvgIpc) is 3.19. The fourth-order valence-corrected chi connectivity index (χ4v) is 4.55. The quantitative estimate of drug-likeness (QED) is 0.658. The molecule has 0 N–H and O–H groups in total. The normalized spacial score (nSPS) is 24.5. The zero-order valence-electron chi connectivity index (χ0n) is 16.9. The van der Waals surface area contributed by atoms with E-state index in [4.69, 9.17) is 0 Å². The Hall–Kier alpha value is -2.08. The molecule has 3 aliphatic rings. The fraction of sp³-hybridized carbons (Fsp3) is 0.385. The molecule has 26 heavy (non-hydrogen) atoms. The Morgan fingerprint density at radius 3 is 2.23 bits per heavy atom. The molecular formula is C26H30. The van der Waals surface area contributed by atoms with E-state index in [0.717, 1.165) is 0 Å². The van der Waals surface area contributed by atoms with Crippen molar-refractivity contribution in [1.29, 1.82) is 0 Å². The molecule has 134 valence electrons. The molecule has 0 spiro atoms. The fourth-order valence-electron chi connectivity index (χ4n) is 4.55. The van der Waals surface area contributed by atoms with E-state index in [1.54, 1.807) is 0 Å². The topological polar surface area (TPSA) is 0 Å². The van der Waals surface area contributed by atoms with Crippen LogP contribution in [-0.4, -0.2) is 0 Å². The lowest BCUT2D eigenvalue weighted by Gasteiger charge is -2.46. The van der Waals surface area contributed by atoms with Crippen molar-refractivity contribution >= 4 is 11.6 Å². The van der Waals surface area contributed by atoms with E-state index < -0.39 is 0 Å². The highest BCUT2D eigenvalue weighted by atomic mass is 14.5. The Morgan fingerprint density at radius 1 is 0.923 bits per heavy atom. The van der Waals surface area contributed by atoms with Gasteiger partial charge in [-0.15, -0.1) is 0 Å². The lowest BCUT2D eigenvalue weighted by atomic mass is 9.57. The van der Waals surface area contributed by atoms with Crippen LogP contribution >= 0.6 is 0 Å². The summed E-state index contributed by atoms with van der Waals surface area (Å²) >= 11 is 0. The molecule has 0 nitrogen and oxygen atoms in total. The molecule has 0 fully saturated rings. The van der Waals surface area contributed by atoms with Crippen molar-refractivity contribution in [1.82, 2.24) is 0 Å². The number of rotatable bonds is 1. The summed E-state index contributed by atoms with van der Waals surface area (Å²) < 4.78 is 0. The van der Waals surface area contributed by atoms with Crippen molar-refractivity contribution in [3.63, 3.8) is 0 Å². The van der Waals surface area contributed by atoms with Gasteiger partial charge in [0.15, 0.2) is 0 Å². The molecule has 3 aliphatic carbocycles. The Labute approximate surface area is 158 Å². The van der Waals surface area contributed by atoms with Crippen LogP contribution in [0.15, 0.2) is 66.3 Å². The molecule has 1 aromatic carbocycles. The van der Waals surface area contributed by atoms with Crippen LogP contribution < -0.4 is 10.4 Å². The van der Waals surface area contributed by atoms with Crippen LogP contribution in [-0.2, 0) is 5.41 Å². The Bertz CT molecular complexity index is 982. The first-order chi connectivity index (χ1) is 12.1. The summed E-state index contributed by atoms with van der Waals surface area (Å²) in [5.74, 6) is 0.426. The summed E-state index contributed by atoms with van der Waals surface area (Å²) in [6.45, 7) is 13.9. The zero-order chi connectivity index (χ0) is 18.7. The van der Waals surface area contributed by atoms with Gasteiger partial charge in [-0.25, -0.2) is 0 Å². The molecule has 0 aliphatic heterocycles. The van der Waals surface area contributed by atoms with Gasteiger partial charge in [0.2, 0.25) is 0 Å². The van der Waals surface area contributed by atoms with E-state index in [1.165, 1.54) is 27.1 Å². The highest BCUT2D eigenvalue weighted by Gasteiger charge is 2.44. The Kier molecular flexibility index (Phi) is 3.64. The number of hydrogen-bond acceptors (Lipinski definition) is 0. The maximum Gasteiger partial charge on any atom is 0.0219 e. The molecule has 0 aromatic heterocycles. The van der Waals surface area contributed by atoms with Gasteiger partial charge in [0, 0.05) is 11.3 Å². The van der Waals surface area contributed by atoms with Crippen molar-refractivity contribution < 1.29 is 0 Å². The number of benzene rings is 1. The standard InChI is InChI=1S/C26H30/c1-24(2,3)21-11-12-22-18(16-21)15-19-17-26(25(4,5)6,14-13-23(19)22)20-9-7-8-10-20/h7-17,20H,1-6H3. The average molecular weight is 343 g/mol. The van der Waals surface area contributed by atoms with Crippen molar-refractivity contribution in [2.75, 3.05) is 0 Å². The number of hydrogen-bond donors (Lipinski definition) is 0. The van der Waals surface area contributed by atoms with Crippen molar-refractivity contribution in [3.8, 4) is 0 Å². The second kappa shape index (κ2) is 5.46. The molecule has 4 rings (SSSR count). The van der Waals surface area contributed by atoms with Gasteiger partial charge in [-0.3, -0.25) is 0 Å². The van der Waals surface area contributed by atoms with Gasteiger partial charge in [-0.2, -0.15) is 0 Å². The SMILES string of the molecule is CC(C)(C)c1ccc2c(c1)=CC1=CC(C3C=CC=C3)(C(C)(C)C)C=CC=21. The summed E-state index contributed by atoms with van der Waals surface area (Å²) in [5, 5.41) is 2.74. The Balaban J connectivity index is 1.90. The van der Waals surface area contributed by atoms with Crippen molar-refractivity contribution in [3.05, 3.63) is 82.3 Å². The van der Waals surface area contributed by atoms with Gasteiger partial charge in [0.1, 0.15) is 0 Å². The third-order valence-electron chi connectivity index (χ3n) is 6.35. The van der Waals surface area contributed by atoms with Crippen LogP contribution in [0.1, 0.15) is 47.1 Å². The molecule has 1 unspecified atom stereocenters. The highest BCUT2D eigenvalue weighted by molar-refractivity contribution is 5.89. The molecule has 1 aromatic rings. The molecule has 0 radical (unpaired) electrons. The number of allylic oxidation sites excluding steroid dienone is 8. The second-order valence-corrected chi connectivity index (χ2v) is 10.0. The van der Waals surface area contributed by atoms with E-state index in [2.05, 4.69) is 108 Å². The van der Waals surface area contributed by atoms with E-state index in [9.17, 15) is 0 Å². The minimum Gasteiger partial charge on any atom is -0.0764 e. The predicted octanol–water partition coefficient (Wildman–Crippen LogP) is 5.20. The van der Waals surface area contributed by atoms with Gasteiger partial charge in [-0.1, -0.05) is 102 Å². The van der Waals surface area contributed by atoms with E-state index in [0.29, 0.717) is 5.92 Å². The first-order valence-corrected chi connectivity index (χ1v) is 9.76. The van der Waals surface area contributed by atoms with Gasteiger partial charge in [0.05, 0.1) is 0 Å². The Morgan fingerprint density at radius 2 is 1.62 bits per heavy atom. The lowest BCUT2D eigenvalue weighted by molar-refractivity contribution is 0.171. The van der Waals surface area contributed by atoms with Crippen LogP contribution in [0, 0.1) is 16.7 Å². The maximum atomic E-state index is 2.53. The van der Waals surface area contributed by atoms with Crippen LogP contribution in [0.5, 0.6) is 0 Å². The monoisotopic (exact) mass is 342 g/mol. The van der Waals surface area contributed by atoms with Crippen LogP contribution in [0.3, 0.4) is 0 Å². The summed E-state index contributed by atoms with van der Waals surface area (Å²) in [5.41, 5.74) is 4.51. The van der Waals surface area contributed by atoms with Gasteiger partial charge in [-0.05, 0) is 44.1 Å². The molecule has 0 heteroatoms. The summed E-state index contributed by atoms with van der Waals surface area (Å²) in [6.07, 6.45) is 18.8. The maximum absolute atomic E-state index is 2.53. The third-order valence-corrected chi connectivity index (χ3v) is 6.35. The van der Waals surface area contributed by atoms with Gasteiger partial charge < -0.3 is 0 Å². The van der Waals surface area contributed by atoms with Crippen LogP contribution in [0.4, 0.5) is 0 Å². The molecule has 0 saturated carbocycles. The van der Waals surface area contributed by atoms with Gasteiger partial charge in [0.25, 0.3) is 0 Å². The predicted molar refractivity (Wildman–Crippen MR) is 113 cm³/mol. The van der Waals surface area contributed by atoms with E-state index >= 15 is 0 Å². The largest absolute Gasteiger partial charge is 0.0764 e. The van der Waals surface area contributed by atoms with Crippen molar-refractivity contribution in [2.45, 2.75) is 47.0 Å². The highest BCUT2D eigenvalue weighted by Crippen LogP contribution is 2.53. The minimum absolute atomic E-state index is 0.0146. The first kappa shape index (κ1) is 17.3. The summed E-state index contributed by atoms with van der Waals surface area (Å²) in [6, 6.07) is 6.99. The summed E-state index contributed by atoms with van der Waals surface area (Å²) in [4.78, 5) is 0. The third kappa shape index (κ3) is 2.50. The second-order valence-electron chi connectivity index (χ2n) is 10.0. The molecule has 1 atom stereocenters. The molecule has 0 saturated heterocycles. The van der Waals surface area contributed by atoms with E-state index in [1.807, 2.05) is 0 Å². The van der Waals surface area contributed by atoms with Gasteiger partial charge >= 0.3 is 0 Å². The van der Waals surface area contributed by atoms with Crippen LogP contribution in [0.25, 0.3) is 11.6 Å². The lowest BCUT2D eigenvalue weighted by Crippen LogP contribution is -2.39. The molecule has 0 amide bonds. The molecule has 0 heterocycles. The van der Waals surface area contributed by atoms with Crippen LogP contribution in [0.2, 0.25) is 0 Å². The summed E-state index contributed by atoms with van der Waals surface area (Å²) in [7, 11) is 0. The minimum atomic E-state index is 0.0146. The molecular weight excluding hydrogens is 312 g/mol. The molecule has 0 bridgehead atoms. The van der Waals surface area contributed by atoms with Crippen molar-refractivity contribution in [2.24, 2.45) is 16.7 Å². The van der Waals surface area contributed by atoms with E-state index in [-0.39, 0.29) is 16.2 Å². The number of fused-ring (bicyclic) bond motifs is 2. The first-order valence-electron chi connectivity index (χ1n) is 9.76. The zero-order valence-corrected chi connectivity index (χ0v) is 16.9. The smallest absolute Gasteiger partial charge is 0.0219 e.